The van der Waals surface area contributed by atoms with Crippen LogP contribution in [0, 0.1) is 5.92 Å². The maximum Gasteiger partial charge on any atom is 0.229 e. The summed E-state index contributed by atoms with van der Waals surface area (Å²) in [7, 11) is 1.60. The maximum atomic E-state index is 12.2. The van der Waals surface area contributed by atoms with Gasteiger partial charge in [0.1, 0.15) is 11.7 Å². The molecule has 2 fully saturated rings. The van der Waals surface area contributed by atoms with Gasteiger partial charge in [0.25, 0.3) is 0 Å². The Hall–Kier alpha value is -1.77. The van der Waals surface area contributed by atoms with Crippen LogP contribution in [0.15, 0.2) is 30.3 Å². The van der Waals surface area contributed by atoms with Crippen molar-refractivity contribution in [2.45, 2.75) is 11.7 Å². The Morgan fingerprint density at radius 3 is 2.91 bits per heavy atom. The number of carbonyl (C=O) groups excluding carboxylic acids is 2. The van der Waals surface area contributed by atoms with Crippen LogP contribution in [0.4, 0.5) is 5.69 Å². The summed E-state index contributed by atoms with van der Waals surface area (Å²) in [5.74, 6) is 0.0821. The smallest absolute Gasteiger partial charge is 0.229 e. The largest absolute Gasteiger partial charge is 0.358 e. The van der Waals surface area contributed by atoms with Gasteiger partial charge in [0.2, 0.25) is 11.8 Å². The Bertz CT molecular complexity index is 555. The van der Waals surface area contributed by atoms with Crippen LogP contribution in [-0.4, -0.2) is 42.8 Å². The van der Waals surface area contributed by atoms with Crippen molar-refractivity contribution in [1.29, 1.82) is 0 Å². The molecule has 0 aromatic heterocycles. The number of anilines is 1. The Morgan fingerprint density at radius 2 is 2.18 bits per heavy atom. The van der Waals surface area contributed by atoms with Crippen LogP contribution in [0.1, 0.15) is 0 Å². The van der Waals surface area contributed by atoms with Gasteiger partial charge in [-0.25, -0.2) is 5.43 Å². The number of nitrogens with one attached hydrogen (secondary N) is 4. The summed E-state index contributed by atoms with van der Waals surface area (Å²) >= 11 is 1.37. The highest BCUT2D eigenvalue weighted by molar-refractivity contribution is 8.00. The van der Waals surface area contributed by atoms with Crippen molar-refractivity contribution in [3.8, 4) is 0 Å². The van der Waals surface area contributed by atoms with E-state index >= 15 is 0 Å². The summed E-state index contributed by atoms with van der Waals surface area (Å²) in [6.45, 7) is 0.589. The number of fused-ring (bicyclic) bond motifs is 1. The first-order chi connectivity index (χ1) is 10.7. The second-order valence-corrected chi connectivity index (χ2v) is 6.25. The minimum atomic E-state index is -0.280. The number of amides is 2. The van der Waals surface area contributed by atoms with E-state index in [1.165, 1.54) is 11.8 Å². The average molecular weight is 321 g/mol. The number of rotatable bonds is 4. The van der Waals surface area contributed by atoms with E-state index in [1.54, 1.807) is 7.05 Å². The molecule has 1 aromatic rings. The van der Waals surface area contributed by atoms with Crippen LogP contribution in [0.2, 0.25) is 0 Å². The highest BCUT2D eigenvalue weighted by Crippen LogP contribution is 2.26. The molecule has 1 aromatic carbocycles. The molecule has 2 aliphatic heterocycles. The Morgan fingerprint density at radius 1 is 1.41 bits per heavy atom. The van der Waals surface area contributed by atoms with E-state index in [0.717, 1.165) is 5.69 Å². The zero-order valence-electron chi connectivity index (χ0n) is 12.2. The van der Waals surface area contributed by atoms with Crippen LogP contribution in [0.3, 0.4) is 0 Å². The number of thioether (sulfide) groups is 1. The summed E-state index contributed by atoms with van der Waals surface area (Å²) in [5, 5.41) is 10.9. The third kappa shape index (κ3) is 3.03. The number of benzene rings is 1. The molecule has 118 valence electrons. The van der Waals surface area contributed by atoms with Crippen molar-refractivity contribution in [3.63, 3.8) is 0 Å². The molecule has 8 heteroatoms. The fourth-order valence-electron chi connectivity index (χ4n) is 2.61. The number of para-hydroxylation sites is 1. The van der Waals surface area contributed by atoms with E-state index in [1.807, 2.05) is 35.3 Å². The van der Waals surface area contributed by atoms with Crippen molar-refractivity contribution >= 4 is 29.3 Å². The summed E-state index contributed by atoms with van der Waals surface area (Å²) in [5.41, 5.74) is 3.99. The summed E-state index contributed by atoms with van der Waals surface area (Å²) in [6, 6.07) is 9.88. The number of carbonyl (C=O) groups is 2. The number of hydrogen-bond acceptors (Lipinski definition) is 6. The van der Waals surface area contributed by atoms with E-state index < -0.39 is 0 Å². The molecule has 3 rings (SSSR count). The quantitative estimate of drug-likeness (QED) is 0.595. The van der Waals surface area contributed by atoms with Gasteiger partial charge in [-0.05, 0) is 12.1 Å². The maximum absolute atomic E-state index is 12.2. The third-order valence-electron chi connectivity index (χ3n) is 3.77. The van der Waals surface area contributed by atoms with Gasteiger partial charge in [-0.1, -0.05) is 18.2 Å². The Balaban J connectivity index is 1.69. The lowest BCUT2D eigenvalue weighted by Crippen LogP contribution is -2.63. The number of nitrogens with zero attached hydrogens (tertiary/aromatic N) is 1. The zero-order valence-corrected chi connectivity index (χ0v) is 13.0. The van der Waals surface area contributed by atoms with Crippen molar-refractivity contribution in [3.05, 3.63) is 30.3 Å². The lowest BCUT2D eigenvalue weighted by Gasteiger charge is -2.36. The normalized spacial score (nSPS) is 27.2. The summed E-state index contributed by atoms with van der Waals surface area (Å²) in [6.07, 6.45) is -0.127. The van der Waals surface area contributed by atoms with Crippen LogP contribution in [-0.2, 0) is 9.59 Å². The number of hydrogen-bond donors (Lipinski definition) is 4. The van der Waals surface area contributed by atoms with Crippen LogP contribution < -0.4 is 26.4 Å². The lowest BCUT2D eigenvalue weighted by atomic mass is 10.1. The van der Waals surface area contributed by atoms with Gasteiger partial charge in [0.05, 0.1) is 17.4 Å². The first kappa shape index (κ1) is 15.1. The Labute approximate surface area is 133 Å². The van der Waals surface area contributed by atoms with Crippen molar-refractivity contribution in [2.75, 3.05) is 24.4 Å². The second kappa shape index (κ2) is 6.55. The van der Waals surface area contributed by atoms with Crippen molar-refractivity contribution in [1.82, 2.24) is 21.4 Å². The summed E-state index contributed by atoms with van der Waals surface area (Å²) < 4.78 is 0. The minimum Gasteiger partial charge on any atom is -0.358 e. The standard InChI is InChI=1S/C14H19N5O2S/c1-15-11(20)8-22-14-17-12-10(13(21)18-14)7-16-19(12)9-5-3-2-4-6-9/h2-6,10,12,14,16-17H,7-8H2,1H3,(H,15,20)(H,18,21). The molecule has 3 atom stereocenters. The number of hydrazine groups is 1. The van der Waals surface area contributed by atoms with E-state index in [9.17, 15) is 9.59 Å². The van der Waals surface area contributed by atoms with Crippen LogP contribution in [0.25, 0.3) is 0 Å². The van der Waals surface area contributed by atoms with Crippen molar-refractivity contribution < 1.29 is 9.59 Å². The third-order valence-corrected chi connectivity index (χ3v) is 4.78. The fraction of sp³-hybridized carbons (Fsp3) is 0.429. The van der Waals surface area contributed by atoms with E-state index in [4.69, 9.17) is 0 Å². The molecule has 2 aliphatic rings. The Kier molecular flexibility index (Phi) is 4.51. The lowest BCUT2D eigenvalue weighted by molar-refractivity contribution is -0.127. The molecule has 4 N–H and O–H groups in total. The van der Waals surface area contributed by atoms with Gasteiger partial charge in [-0.3, -0.25) is 19.9 Å². The van der Waals surface area contributed by atoms with Crippen molar-refractivity contribution in [2.24, 2.45) is 5.92 Å². The fourth-order valence-corrected chi connectivity index (χ4v) is 3.51. The molecule has 2 amide bonds. The highest BCUT2D eigenvalue weighted by atomic mass is 32.2. The highest BCUT2D eigenvalue weighted by Gasteiger charge is 2.44. The van der Waals surface area contributed by atoms with Gasteiger partial charge in [-0.15, -0.1) is 11.8 Å². The first-order valence-electron chi connectivity index (χ1n) is 7.15. The van der Waals surface area contributed by atoms with Gasteiger partial charge in [0.15, 0.2) is 0 Å². The molecule has 0 spiro atoms. The first-order valence-corrected chi connectivity index (χ1v) is 8.20. The molecule has 7 nitrogen and oxygen atoms in total. The molecule has 0 saturated carbocycles. The predicted octanol–water partition coefficient (Wildman–Crippen LogP) is -0.564. The molecular formula is C14H19N5O2S. The topological polar surface area (TPSA) is 85.5 Å². The predicted molar refractivity (Wildman–Crippen MR) is 85.8 cm³/mol. The molecule has 0 radical (unpaired) electrons. The molecule has 0 aliphatic carbocycles. The minimum absolute atomic E-state index is 0.00378. The van der Waals surface area contributed by atoms with Gasteiger partial charge < -0.3 is 10.6 Å². The molecule has 3 unspecified atom stereocenters. The van der Waals surface area contributed by atoms with Gasteiger partial charge in [-0.2, -0.15) is 0 Å². The molecule has 2 saturated heterocycles. The van der Waals surface area contributed by atoms with E-state index in [0.29, 0.717) is 12.3 Å². The van der Waals surface area contributed by atoms with Crippen LogP contribution in [0.5, 0.6) is 0 Å². The monoisotopic (exact) mass is 321 g/mol. The van der Waals surface area contributed by atoms with Gasteiger partial charge >= 0.3 is 0 Å². The molecular weight excluding hydrogens is 302 g/mol. The van der Waals surface area contributed by atoms with E-state index in [2.05, 4.69) is 21.4 Å². The van der Waals surface area contributed by atoms with Crippen LogP contribution >= 0.6 is 11.8 Å². The average Bonchev–Trinajstić information content (AvgIpc) is 2.98. The molecule has 2 heterocycles. The zero-order chi connectivity index (χ0) is 15.5. The van der Waals surface area contributed by atoms with E-state index in [-0.39, 0.29) is 29.4 Å². The van der Waals surface area contributed by atoms with Gasteiger partial charge in [0, 0.05) is 13.6 Å². The SMILES string of the molecule is CNC(=O)CSC1NC(=O)C2CNN(c3ccccc3)C2N1. The summed E-state index contributed by atoms with van der Waals surface area (Å²) in [4.78, 5) is 23.6. The second-order valence-electron chi connectivity index (χ2n) is 5.16. The molecule has 0 bridgehead atoms. The molecule has 22 heavy (non-hydrogen) atoms.